The molecule has 17 heavy (non-hydrogen) atoms. The average molecular weight is 243 g/mol. The van der Waals surface area contributed by atoms with Crippen molar-refractivity contribution in [3.05, 3.63) is 0 Å². The molecular weight excluding hydrogens is 222 g/mol. The highest BCUT2D eigenvalue weighted by Crippen LogP contribution is 2.43. The maximum Gasteiger partial charge on any atom is 0.236 e. The molecule has 0 unspecified atom stereocenters. The number of hydrogen-bond donors (Lipinski definition) is 3. The minimum atomic E-state index is -0.853. The Morgan fingerprint density at radius 1 is 1.53 bits per heavy atom. The SMILES string of the molecule is CC(C)N(CCO)C(=O)C1(C(N)=NO)CCC1. The molecule has 1 rings (SSSR count). The molecule has 0 aromatic heterocycles. The van der Waals surface area contributed by atoms with Crippen LogP contribution in [0.5, 0.6) is 0 Å². The van der Waals surface area contributed by atoms with Gasteiger partial charge in [0.15, 0.2) is 5.84 Å². The van der Waals surface area contributed by atoms with Gasteiger partial charge in [0.1, 0.15) is 5.41 Å². The Kier molecular flexibility index (Phi) is 4.34. The first-order chi connectivity index (χ1) is 7.99. The van der Waals surface area contributed by atoms with E-state index >= 15 is 0 Å². The molecule has 0 heterocycles. The van der Waals surface area contributed by atoms with E-state index in [0.29, 0.717) is 12.8 Å². The van der Waals surface area contributed by atoms with Crippen molar-refractivity contribution in [1.82, 2.24) is 4.90 Å². The van der Waals surface area contributed by atoms with Crippen molar-refractivity contribution in [2.75, 3.05) is 13.2 Å². The lowest BCUT2D eigenvalue weighted by atomic mass is 9.66. The second kappa shape index (κ2) is 5.35. The predicted octanol–water partition coefficient (Wildman–Crippen LogP) is 0.132. The van der Waals surface area contributed by atoms with E-state index in [9.17, 15) is 4.79 Å². The van der Waals surface area contributed by atoms with Gasteiger partial charge in [-0.05, 0) is 26.7 Å². The van der Waals surface area contributed by atoms with Gasteiger partial charge in [-0.2, -0.15) is 0 Å². The molecule has 1 fully saturated rings. The fourth-order valence-corrected chi connectivity index (χ4v) is 2.18. The van der Waals surface area contributed by atoms with Crippen LogP contribution in [-0.4, -0.2) is 46.1 Å². The topological polar surface area (TPSA) is 99.2 Å². The van der Waals surface area contributed by atoms with Crippen LogP contribution in [-0.2, 0) is 4.79 Å². The van der Waals surface area contributed by atoms with Gasteiger partial charge in [-0.25, -0.2) is 0 Å². The molecule has 98 valence electrons. The Balaban J connectivity index is 2.92. The summed E-state index contributed by atoms with van der Waals surface area (Å²) in [6.07, 6.45) is 2.11. The summed E-state index contributed by atoms with van der Waals surface area (Å²) in [5.41, 5.74) is 4.79. The normalized spacial score (nSPS) is 18.9. The number of aliphatic hydroxyl groups excluding tert-OH is 1. The van der Waals surface area contributed by atoms with Crippen LogP contribution in [0.25, 0.3) is 0 Å². The summed E-state index contributed by atoms with van der Waals surface area (Å²) in [6.45, 7) is 3.95. The number of carbonyl (C=O) groups is 1. The fraction of sp³-hybridized carbons (Fsp3) is 0.818. The molecule has 0 aromatic carbocycles. The highest BCUT2D eigenvalue weighted by molar-refractivity contribution is 6.07. The van der Waals surface area contributed by atoms with Crippen molar-refractivity contribution in [3.63, 3.8) is 0 Å². The molecule has 0 aliphatic heterocycles. The molecule has 6 nitrogen and oxygen atoms in total. The molecule has 6 heteroatoms. The largest absolute Gasteiger partial charge is 0.409 e. The van der Waals surface area contributed by atoms with E-state index < -0.39 is 5.41 Å². The Hall–Kier alpha value is -1.30. The van der Waals surface area contributed by atoms with E-state index in [2.05, 4.69) is 5.16 Å². The van der Waals surface area contributed by atoms with Gasteiger partial charge in [-0.1, -0.05) is 11.6 Å². The molecule has 0 bridgehead atoms. The van der Waals surface area contributed by atoms with Gasteiger partial charge in [0, 0.05) is 12.6 Å². The maximum absolute atomic E-state index is 12.4. The van der Waals surface area contributed by atoms with Crippen molar-refractivity contribution in [3.8, 4) is 0 Å². The van der Waals surface area contributed by atoms with Crippen molar-refractivity contribution < 1.29 is 15.1 Å². The van der Waals surface area contributed by atoms with Crippen molar-refractivity contribution in [2.24, 2.45) is 16.3 Å². The van der Waals surface area contributed by atoms with Crippen molar-refractivity contribution >= 4 is 11.7 Å². The van der Waals surface area contributed by atoms with Crippen LogP contribution in [0.1, 0.15) is 33.1 Å². The lowest BCUT2D eigenvalue weighted by Crippen LogP contribution is -2.57. The van der Waals surface area contributed by atoms with Gasteiger partial charge in [0.2, 0.25) is 5.91 Å². The molecule has 1 amide bonds. The lowest BCUT2D eigenvalue weighted by molar-refractivity contribution is -0.144. The molecule has 1 aliphatic carbocycles. The molecule has 0 atom stereocenters. The Labute approximate surface area is 101 Å². The Morgan fingerprint density at radius 3 is 2.41 bits per heavy atom. The molecule has 1 aliphatic rings. The first-order valence-electron chi connectivity index (χ1n) is 5.89. The van der Waals surface area contributed by atoms with Crippen molar-refractivity contribution in [1.29, 1.82) is 0 Å². The number of amides is 1. The summed E-state index contributed by atoms with van der Waals surface area (Å²) in [7, 11) is 0. The average Bonchev–Trinajstić information content (AvgIpc) is 2.23. The van der Waals surface area contributed by atoms with Gasteiger partial charge in [0.25, 0.3) is 0 Å². The quantitative estimate of drug-likeness (QED) is 0.276. The second-order valence-corrected chi connectivity index (χ2v) is 4.74. The number of hydrogen-bond acceptors (Lipinski definition) is 4. The van der Waals surface area contributed by atoms with Crippen molar-refractivity contribution in [2.45, 2.75) is 39.2 Å². The molecule has 0 spiro atoms. The second-order valence-electron chi connectivity index (χ2n) is 4.74. The summed E-state index contributed by atoms with van der Waals surface area (Å²) < 4.78 is 0. The Bertz CT molecular complexity index is 311. The van der Waals surface area contributed by atoms with Crippen LogP contribution in [0, 0.1) is 5.41 Å². The number of rotatable bonds is 5. The number of amidine groups is 1. The molecule has 0 radical (unpaired) electrons. The van der Waals surface area contributed by atoms with E-state index in [0.717, 1.165) is 6.42 Å². The van der Waals surface area contributed by atoms with E-state index in [1.54, 1.807) is 4.90 Å². The number of carbonyl (C=O) groups excluding carboxylic acids is 1. The number of aliphatic hydroxyl groups is 1. The van der Waals surface area contributed by atoms with E-state index in [-0.39, 0.29) is 30.9 Å². The summed E-state index contributed by atoms with van der Waals surface area (Å²) in [5, 5.41) is 20.7. The van der Waals surface area contributed by atoms with Gasteiger partial charge in [0.05, 0.1) is 6.61 Å². The summed E-state index contributed by atoms with van der Waals surface area (Å²) in [4.78, 5) is 14.0. The van der Waals surface area contributed by atoms with Gasteiger partial charge >= 0.3 is 0 Å². The first-order valence-corrected chi connectivity index (χ1v) is 5.89. The first kappa shape index (κ1) is 13.8. The standard InChI is InChI=1S/C11H21N3O3/c1-8(2)14(6-7-15)10(16)11(4-3-5-11)9(12)13-17/h8,15,17H,3-7H2,1-2H3,(H2,12,13). The highest BCUT2D eigenvalue weighted by Gasteiger charge is 2.50. The fourth-order valence-electron chi connectivity index (χ4n) is 2.18. The number of oxime groups is 1. The van der Waals surface area contributed by atoms with Gasteiger partial charge < -0.3 is 20.9 Å². The molecule has 4 N–H and O–H groups in total. The predicted molar refractivity (Wildman–Crippen MR) is 63.6 cm³/mol. The molecule has 0 aromatic rings. The zero-order valence-corrected chi connectivity index (χ0v) is 10.4. The smallest absolute Gasteiger partial charge is 0.236 e. The monoisotopic (exact) mass is 243 g/mol. The minimum absolute atomic E-state index is 0.0152. The number of nitrogens with zero attached hydrogens (tertiary/aromatic N) is 2. The van der Waals surface area contributed by atoms with E-state index in [1.165, 1.54) is 0 Å². The van der Waals surface area contributed by atoms with Gasteiger partial charge in [-0.15, -0.1) is 0 Å². The third-order valence-corrected chi connectivity index (χ3v) is 3.44. The van der Waals surface area contributed by atoms with Crippen LogP contribution >= 0.6 is 0 Å². The third-order valence-electron chi connectivity index (χ3n) is 3.44. The molecule has 0 saturated heterocycles. The minimum Gasteiger partial charge on any atom is -0.409 e. The highest BCUT2D eigenvalue weighted by atomic mass is 16.4. The lowest BCUT2D eigenvalue weighted by Gasteiger charge is -2.43. The third kappa shape index (κ3) is 2.36. The zero-order chi connectivity index (χ0) is 13.1. The zero-order valence-electron chi connectivity index (χ0n) is 10.4. The van der Waals surface area contributed by atoms with Gasteiger partial charge in [-0.3, -0.25) is 4.79 Å². The number of nitrogens with two attached hydrogens (primary N) is 1. The maximum atomic E-state index is 12.4. The van der Waals surface area contributed by atoms with Crippen LogP contribution in [0.3, 0.4) is 0 Å². The Morgan fingerprint density at radius 2 is 2.12 bits per heavy atom. The van der Waals surface area contributed by atoms with Crippen LogP contribution < -0.4 is 5.73 Å². The van der Waals surface area contributed by atoms with Crippen LogP contribution in [0.2, 0.25) is 0 Å². The van der Waals surface area contributed by atoms with E-state index in [1.807, 2.05) is 13.8 Å². The summed E-state index contributed by atoms with van der Waals surface area (Å²) in [5.74, 6) is -0.166. The van der Waals surface area contributed by atoms with Crippen LogP contribution in [0.4, 0.5) is 0 Å². The molecule has 1 saturated carbocycles. The van der Waals surface area contributed by atoms with E-state index in [4.69, 9.17) is 16.0 Å². The summed E-state index contributed by atoms with van der Waals surface area (Å²) in [6, 6.07) is -0.0152. The molecular formula is C11H21N3O3. The van der Waals surface area contributed by atoms with Crippen LogP contribution in [0.15, 0.2) is 5.16 Å². The summed E-state index contributed by atoms with van der Waals surface area (Å²) >= 11 is 0.